The van der Waals surface area contributed by atoms with E-state index in [0.29, 0.717) is 12.0 Å². The lowest BCUT2D eigenvalue weighted by Crippen LogP contribution is -2.32. The average molecular weight is 300 g/mol. The van der Waals surface area contributed by atoms with Crippen molar-refractivity contribution in [3.63, 3.8) is 0 Å². The summed E-state index contributed by atoms with van der Waals surface area (Å²) in [5.41, 5.74) is 1.20. The zero-order chi connectivity index (χ0) is 12.3. The fraction of sp³-hybridized carbons (Fsp3) is 0.571. The van der Waals surface area contributed by atoms with E-state index in [1.165, 1.54) is 24.8 Å². The Morgan fingerprint density at radius 3 is 2.76 bits per heavy atom. The molecule has 0 saturated heterocycles. The van der Waals surface area contributed by atoms with E-state index in [9.17, 15) is 4.39 Å². The van der Waals surface area contributed by atoms with Gasteiger partial charge in [0, 0.05) is 10.5 Å². The van der Waals surface area contributed by atoms with Gasteiger partial charge in [0.25, 0.3) is 0 Å². The molecule has 94 valence electrons. The molecular weight excluding hydrogens is 281 g/mol. The van der Waals surface area contributed by atoms with Crippen LogP contribution in [0.4, 0.5) is 4.39 Å². The maximum absolute atomic E-state index is 13.1. The molecule has 1 nitrogen and oxygen atoms in total. The molecule has 2 rings (SSSR count). The number of hydrogen-bond donors (Lipinski definition) is 1. The molecule has 0 aromatic heterocycles. The molecule has 0 bridgehead atoms. The number of hydrogen-bond acceptors (Lipinski definition) is 1. The lowest BCUT2D eigenvalue weighted by Gasteiger charge is -2.35. The van der Waals surface area contributed by atoms with E-state index in [4.69, 9.17) is 0 Å². The molecule has 1 atom stereocenters. The molecule has 0 amide bonds. The van der Waals surface area contributed by atoms with Crippen molar-refractivity contribution in [2.24, 2.45) is 5.92 Å². The summed E-state index contributed by atoms with van der Waals surface area (Å²) in [6.07, 6.45) is 5.02. The van der Waals surface area contributed by atoms with Crippen LogP contribution in [0.15, 0.2) is 22.7 Å². The normalized spacial score (nSPS) is 17.8. The van der Waals surface area contributed by atoms with Crippen LogP contribution >= 0.6 is 15.9 Å². The Hall–Kier alpha value is -0.410. The molecule has 17 heavy (non-hydrogen) atoms. The SMILES string of the molecule is CCCNC(c1ccc(F)cc1Br)C1CCC1. The Kier molecular flexibility index (Phi) is 4.57. The fourth-order valence-electron chi connectivity index (χ4n) is 2.36. The van der Waals surface area contributed by atoms with E-state index in [2.05, 4.69) is 28.2 Å². The summed E-state index contributed by atoms with van der Waals surface area (Å²) in [5, 5.41) is 3.60. The van der Waals surface area contributed by atoms with Gasteiger partial charge in [-0.3, -0.25) is 0 Å². The summed E-state index contributed by atoms with van der Waals surface area (Å²) < 4.78 is 14.0. The highest BCUT2D eigenvalue weighted by molar-refractivity contribution is 9.10. The van der Waals surface area contributed by atoms with Gasteiger partial charge in [-0.05, 0) is 49.4 Å². The van der Waals surface area contributed by atoms with Crippen molar-refractivity contribution >= 4 is 15.9 Å². The molecule has 1 aromatic rings. The number of rotatable bonds is 5. The Labute approximate surface area is 111 Å². The van der Waals surface area contributed by atoms with E-state index in [-0.39, 0.29) is 5.82 Å². The third-order valence-electron chi connectivity index (χ3n) is 3.53. The molecule has 1 aromatic carbocycles. The molecule has 1 aliphatic rings. The summed E-state index contributed by atoms with van der Waals surface area (Å²) in [4.78, 5) is 0. The fourth-order valence-corrected chi connectivity index (χ4v) is 2.95. The van der Waals surface area contributed by atoms with E-state index in [1.54, 1.807) is 12.1 Å². The van der Waals surface area contributed by atoms with Gasteiger partial charge >= 0.3 is 0 Å². The summed E-state index contributed by atoms with van der Waals surface area (Å²) >= 11 is 3.48. The number of nitrogens with one attached hydrogen (secondary N) is 1. The van der Waals surface area contributed by atoms with Gasteiger partial charge in [-0.1, -0.05) is 35.3 Å². The molecule has 1 saturated carbocycles. The second-order valence-electron chi connectivity index (χ2n) is 4.79. The van der Waals surface area contributed by atoms with Crippen molar-refractivity contribution in [2.75, 3.05) is 6.54 Å². The average Bonchev–Trinajstić information content (AvgIpc) is 2.22. The molecular formula is C14H19BrFN. The molecule has 0 spiro atoms. The van der Waals surface area contributed by atoms with Gasteiger partial charge < -0.3 is 5.32 Å². The quantitative estimate of drug-likeness (QED) is 0.848. The maximum atomic E-state index is 13.1. The van der Waals surface area contributed by atoms with Crippen LogP contribution in [-0.4, -0.2) is 6.54 Å². The molecule has 3 heteroatoms. The highest BCUT2D eigenvalue weighted by Gasteiger charge is 2.29. The topological polar surface area (TPSA) is 12.0 Å². The summed E-state index contributed by atoms with van der Waals surface area (Å²) in [6.45, 7) is 3.19. The number of halogens is 2. The Morgan fingerprint density at radius 2 is 2.24 bits per heavy atom. The summed E-state index contributed by atoms with van der Waals surface area (Å²) in [6, 6.07) is 5.40. The van der Waals surface area contributed by atoms with E-state index in [1.807, 2.05) is 6.07 Å². The minimum absolute atomic E-state index is 0.177. The van der Waals surface area contributed by atoms with Crippen molar-refractivity contribution in [1.29, 1.82) is 0 Å². The van der Waals surface area contributed by atoms with Crippen LogP contribution in [0.5, 0.6) is 0 Å². The zero-order valence-electron chi connectivity index (χ0n) is 10.2. The second-order valence-corrected chi connectivity index (χ2v) is 5.64. The Bertz CT molecular complexity index is 376. The van der Waals surface area contributed by atoms with E-state index < -0.39 is 0 Å². The minimum atomic E-state index is -0.177. The lowest BCUT2D eigenvalue weighted by atomic mass is 9.77. The van der Waals surface area contributed by atoms with Gasteiger partial charge in [-0.2, -0.15) is 0 Å². The van der Waals surface area contributed by atoms with Gasteiger partial charge in [0.1, 0.15) is 5.82 Å². The minimum Gasteiger partial charge on any atom is -0.310 e. The molecule has 1 N–H and O–H groups in total. The van der Waals surface area contributed by atoms with E-state index in [0.717, 1.165) is 17.4 Å². The van der Waals surface area contributed by atoms with Crippen molar-refractivity contribution < 1.29 is 4.39 Å². The standard InChI is InChI=1S/C14H19BrFN/c1-2-8-17-14(10-4-3-5-10)12-7-6-11(16)9-13(12)15/h6-7,9-10,14,17H,2-5,8H2,1H3. The predicted molar refractivity (Wildman–Crippen MR) is 72.5 cm³/mol. The molecule has 0 heterocycles. The second kappa shape index (κ2) is 5.96. The summed E-state index contributed by atoms with van der Waals surface area (Å²) in [7, 11) is 0. The Morgan fingerprint density at radius 1 is 1.47 bits per heavy atom. The van der Waals surface area contributed by atoms with Gasteiger partial charge in [0.15, 0.2) is 0 Å². The maximum Gasteiger partial charge on any atom is 0.124 e. The van der Waals surface area contributed by atoms with Crippen LogP contribution in [0.3, 0.4) is 0 Å². The van der Waals surface area contributed by atoms with Crippen LogP contribution in [0.1, 0.15) is 44.2 Å². The molecule has 0 aliphatic heterocycles. The first-order valence-corrected chi connectivity index (χ1v) is 7.20. The van der Waals surface area contributed by atoms with Crippen LogP contribution in [-0.2, 0) is 0 Å². The molecule has 1 aliphatic carbocycles. The van der Waals surface area contributed by atoms with Crippen molar-refractivity contribution in [3.05, 3.63) is 34.1 Å². The Balaban J connectivity index is 2.17. The van der Waals surface area contributed by atoms with Crippen LogP contribution in [0.2, 0.25) is 0 Å². The molecule has 0 radical (unpaired) electrons. The third kappa shape index (κ3) is 3.08. The first-order chi connectivity index (χ1) is 8.22. The van der Waals surface area contributed by atoms with Crippen molar-refractivity contribution in [1.82, 2.24) is 5.32 Å². The van der Waals surface area contributed by atoms with Crippen molar-refractivity contribution in [3.8, 4) is 0 Å². The van der Waals surface area contributed by atoms with Crippen LogP contribution < -0.4 is 5.32 Å². The van der Waals surface area contributed by atoms with Gasteiger partial charge in [0.2, 0.25) is 0 Å². The number of benzene rings is 1. The van der Waals surface area contributed by atoms with Gasteiger partial charge in [0.05, 0.1) is 0 Å². The lowest BCUT2D eigenvalue weighted by molar-refractivity contribution is 0.230. The molecule has 1 fully saturated rings. The molecule has 1 unspecified atom stereocenters. The van der Waals surface area contributed by atoms with Gasteiger partial charge in [-0.15, -0.1) is 0 Å². The monoisotopic (exact) mass is 299 g/mol. The smallest absolute Gasteiger partial charge is 0.124 e. The first-order valence-electron chi connectivity index (χ1n) is 6.40. The van der Waals surface area contributed by atoms with Gasteiger partial charge in [-0.25, -0.2) is 4.39 Å². The van der Waals surface area contributed by atoms with Crippen LogP contribution in [0, 0.1) is 11.7 Å². The zero-order valence-corrected chi connectivity index (χ0v) is 11.8. The largest absolute Gasteiger partial charge is 0.310 e. The van der Waals surface area contributed by atoms with E-state index >= 15 is 0 Å². The summed E-state index contributed by atoms with van der Waals surface area (Å²) in [5.74, 6) is 0.534. The third-order valence-corrected chi connectivity index (χ3v) is 4.22. The first kappa shape index (κ1) is 13.0. The van der Waals surface area contributed by atoms with Crippen molar-refractivity contribution in [2.45, 2.75) is 38.6 Å². The highest BCUT2D eigenvalue weighted by Crippen LogP contribution is 2.40. The van der Waals surface area contributed by atoms with Crippen LogP contribution in [0.25, 0.3) is 0 Å². The highest BCUT2D eigenvalue weighted by atomic mass is 79.9. The predicted octanol–water partition coefficient (Wildman–Crippen LogP) is 4.43.